The summed E-state index contributed by atoms with van der Waals surface area (Å²) in [6.07, 6.45) is 5.22. The molecule has 4 rings (SSSR count). The fourth-order valence-electron chi connectivity index (χ4n) is 5.42. The lowest BCUT2D eigenvalue weighted by Crippen LogP contribution is -2.51. The van der Waals surface area contributed by atoms with Crippen molar-refractivity contribution in [2.45, 2.75) is 45.7 Å². The van der Waals surface area contributed by atoms with E-state index >= 15 is 0 Å². The molecule has 11 heteroatoms. The number of nitrogens with one attached hydrogen (secondary N) is 4. The van der Waals surface area contributed by atoms with Gasteiger partial charge in [-0.3, -0.25) is 4.90 Å². The lowest BCUT2D eigenvalue weighted by molar-refractivity contribution is 0.0812. The number of benzene rings is 2. The topological polar surface area (TPSA) is 122 Å². The van der Waals surface area contributed by atoms with Crippen molar-refractivity contribution in [1.82, 2.24) is 14.5 Å². The van der Waals surface area contributed by atoms with Crippen molar-refractivity contribution in [3.8, 4) is 0 Å². The van der Waals surface area contributed by atoms with E-state index in [4.69, 9.17) is 15.6 Å². The average Bonchev–Trinajstić information content (AvgIpc) is 2.95. The maximum Gasteiger partial charge on any atom is 0.246 e. The number of nitrogens with zero attached hydrogens (tertiary/aromatic N) is 2. The minimum Gasteiger partial charge on any atom is -0.387 e. The fourth-order valence-corrected chi connectivity index (χ4v) is 6.74. The maximum atomic E-state index is 13.7. The van der Waals surface area contributed by atoms with Crippen LogP contribution in [-0.4, -0.2) is 75.5 Å². The lowest BCUT2D eigenvalue weighted by atomic mass is 9.94. The van der Waals surface area contributed by atoms with Crippen molar-refractivity contribution in [2.75, 3.05) is 44.7 Å². The zero-order valence-electron chi connectivity index (χ0n) is 24.0. The molecule has 0 amide bonds. The third-order valence-corrected chi connectivity index (χ3v) is 9.44. The first kappa shape index (κ1) is 30.8. The van der Waals surface area contributed by atoms with E-state index in [1.165, 1.54) is 28.9 Å². The van der Waals surface area contributed by atoms with Gasteiger partial charge < -0.3 is 26.2 Å². The molecule has 0 saturated carbocycles. The molecule has 2 fully saturated rings. The molecule has 0 aliphatic carbocycles. The number of allylic oxidation sites excluding steroid dienone is 1. The number of aryl methyl sites for hydroxylation is 1. The Morgan fingerprint density at radius 2 is 1.85 bits per heavy atom. The standard InChI is InChI=1S/C30H41FN6O3S/c1-21(2)19-36-10-11-37(41(38,39)27(17-33)18-34-25-8-12-40-13-9-25)20-30(36)28-15-23(16-32)29(14-22(28)3)35-26-6-4-24(31)5-7-26/h4-7,14-18,21,25,30,32-35H,8-13,19-20H2,1-3H3/b27-18+,32-16?,33-17?/t30-/m1/s1. The number of anilines is 2. The summed E-state index contributed by atoms with van der Waals surface area (Å²) in [5.74, 6) is 0.0556. The van der Waals surface area contributed by atoms with Crippen molar-refractivity contribution in [3.63, 3.8) is 0 Å². The molecular formula is C30H41FN6O3S. The molecule has 0 unspecified atom stereocenters. The van der Waals surface area contributed by atoms with Gasteiger partial charge >= 0.3 is 0 Å². The van der Waals surface area contributed by atoms with Crippen LogP contribution in [0.4, 0.5) is 15.8 Å². The van der Waals surface area contributed by atoms with Crippen molar-refractivity contribution in [3.05, 3.63) is 70.0 Å². The maximum absolute atomic E-state index is 13.7. The van der Waals surface area contributed by atoms with Gasteiger partial charge in [0.25, 0.3) is 0 Å². The van der Waals surface area contributed by atoms with Gasteiger partial charge in [0.1, 0.15) is 10.7 Å². The lowest BCUT2D eigenvalue weighted by Gasteiger charge is -2.42. The van der Waals surface area contributed by atoms with Crippen LogP contribution in [0.1, 0.15) is 49.4 Å². The first-order valence-electron chi connectivity index (χ1n) is 14.1. The Morgan fingerprint density at radius 3 is 2.49 bits per heavy atom. The second-order valence-electron chi connectivity index (χ2n) is 11.1. The average molecular weight is 585 g/mol. The second-order valence-corrected chi connectivity index (χ2v) is 13.0. The van der Waals surface area contributed by atoms with E-state index in [2.05, 4.69) is 29.4 Å². The van der Waals surface area contributed by atoms with Gasteiger partial charge in [0.05, 0.1) is 0 Å². The van der Waals surface area contributed by atoms with Crippen molar-refractivity contribution in [2.24, 2.45) is 5.92 Å². The molecule has 0 radical (unpaired) electrons. The molecule has 9 nitrogen and oxygen atoms in total. The normalized spacial score (nSPS) is 19.7. The summed E-state index contributed by atoms with van der Waals surface area (Å²) in [6, 6.07) is 9.85. The monoisotopic (exact) mass is 584 g/mol. The molecular weight excluding hydrogens is 543 g/mol. The molecule has 2 aliphatic heterocycles. The van der Waals surface area contributed by atoms with Gasteiger partial charge in [0.2, 0.25) is 10.0 Å². The molecule has 1 atom stereocenters. The second kappa shape index (κ2) is 13.7. The van der Waals surface area contributed by atoms with Crippen LogP contribution in [0.15, 0.2) is 47.5 Å². The highest BCUT2D eigenvalue weighted by Gasteiger charge is 2.36. The van der Waals surface area contributed by atoms with E-state index in [9.17, 15) is 12.8 Å². The summed E-state index contributed by atoms with van der Waals surface area (Å²) in [5.41, 5.74) is 3.99. The Bertz CT molecular complexity index is 1360. The third kappa shape index (κ3) is 7.59. The van der Waals surface area contributed by atoms with E-state index in [-0.39, 0.29) is 29.4 Å². The van der Waals surface area contributed by atoms with Crippen LogP contribution in [0.25, 0.3) is 0 Å². The van der Waals surface area contributed by atoms with Gasteiger partial charge in [-0.15, -0.1) is 0 Å². The Balaban J connectivity index is 1.63. The zero-order chi connectivity index (χ0) is 29.6. The highest BCUT2D eigenvalue weighted by atomic mass is 32.2. The van der Waals surface area contributed by atoms with Gasteiger partial charge in [-0.05, 0) is 73.2 Å². The number of sulfonamides is 1. The third-order valence-electron chi connectivity index (χ3n) is 7.59. The van der Waals surface area contributed by atoms with Crippen LogP contribution in [0.3, 0.4) is 0 Å². The van der Waals surface area contributed by atoms with E-state index in [0.717, 1.165) is 42.4 Å². The molecule has 2 aliphatic rings. The predicted molar refractivity (Wildman–Crippen MR) is 162 cm³/mol. The first-order chi connectivity index (χ1) is 19.6. The van der Waals surface area contributed by atoms with E-state index in [1.807, 2.05) is 19.1 Å². The Hall–Kier alpha value is -3.12. The Morgan fingerprint density at radius 1 is 1.15 bits per heavy atom. The number of halogens is 1. The molecule has 2 saturated heterocycles. The molecule has 2 heterocycles. The molecule has 4 N–H and O–H groups in total. The SMILES string of the molecule is Cc1cc(Nc2ccc(F)cc2)c(C=N)cc1[C@H]1CN(S(=O)(=O)/C(C=N)=C/NC2CCOCC2)CCN1CC(C)C. The van der Waals surface area contributed by atoms with Crippen LogP contribution in [-0.2, 0) is 14.8 Å². The number of hydrogen-bond acceptors (Lipinski definition) is 8. The minimum absolute atomic E-state index is 0.0594. The summed E-state index contributed by atoms with van der Waals surface area (Å²) in [7, 11) is -3.91. The van der Waals surface area contributed by atoms with Gasteiger partial charge in [0.15, 0.2) is 0 Å². The molecule has 0 spiro atoms. The highest BCUT2D eigenvalue weighted by Crippen LogP contribution is 2.34. The van der Waals surface area contributed by atoms with Crippen LogP contribution in [0.2, 0.25) is 0 Å². The van der Waals surface area contributed by atoms with Gasteiger partial charge in [0, 0.05) is 87.0 Å². The Kier molecular flexibility index (Phi) is 10.3. The first-order valence-corrected chi connectivity index (χ1v) is 15.5. The Labute approximate surface area is 242 Å². The molecule has 2 aromatic rings. The summed E-state index contributed by atoms with van der Waals surface area (Å²) >= 11 is 0. The van der Waals surface area contributed by atoms with Crippen LogP contribution >= 0.6 is 0 Å². The summed E-state index contributed by atoms with van der Waals surface area (Å²) in [4.78, 5) is 2.25. The predicted octanol–water partition coefficient (Wildman–Crippen LogP) is 4.78. The smallest absolute Gasteiger partial charge is 0.246 e. The molecule has 222 valence electrons. The van der Waals surface area contributed by atoms with Gasteiger partial charge in [-0.1, -0.05) is 13.8 Å². The zero-order valence-corrected chi connectivity index (χ0v) is 24.8. The highest BCUT2D eigenvalue weighted by molar-refractivity contribution is 7.93. The summed E-state index contributed by atoms with van der Waals surface area (Å²) in [6.45, 7) is 9.45. The largest absolute Gasteiger partial charge is 0.387 e. The molecule has 0 bridgehead atoms. The number of hydrogen-bond donors (Lipinski definition) is 4. The number of ether oxygens (including phenoxy) is 1. The van der Waals surface area contributed by atoms with Gasteiger partial charge in [-0.25, -0.2) is 12.8 Å². The minimum atomic E-state index is -3.91. The number of rotatable bonds is 11. The van der Waals surface area contributed by atoms with Crippen LogP contribution < -0.4 is 10.6 Å². The van der Waals surface area contributed by atoms with Gasteiger partial charge in [-0.2, -0.15) is 4.31 Å². The van der Waals surface area contributed by atoms with Crippen molar-refractivity contribution >= 4 is 33.8 Å². The molecule has 41 heavy (non-hydrogen) atoms. The quantitative estimate of drug-likeness (QED) is 0.282. The van der Waals surface area contributed by atoms with Crippen LogP contribution in [0.5, 0.6) is 0 Å². The molecule has 0 aromatic heterocycles. The summed E-state index contributed by atoms with van der Waals surface area (Å²) in [5, 5.41) is 22.4. The number of piperazine rings is 1. The van der Waals surface area contributed by atoms with Crippen molar-refractivity contribution in [1.29, 1.82) is 10.8 Å². The van der Waals surface area contributed by atoms with E-state index in [1.54, 1.807) is 12.1 Å². The molecule has 2 aromatic carbocycles. The van der Waals surface area contributed by atoms with Crippen molar-refractivity contribution < 1.29 is 17.5 Å². The summed E-state index contributed by atoms with van der Waals surface area (Å²) < 4.78 is 47.7. The van der Waals surface area contributed by atoms with E-state index in [0.29, 0.717) is 43.5 Å². The van der Waals surface area contributed by atoms with E-state index < -0.39 is 10.0 Å². The van der Waals surface area contributed by atoms with Crippen LogP contribution in [0, 0.1) is 29.5 Å². The fraction of sp³-hybridized carbons (Fsp3) is 0.467.